The zero-order valence-electron chi connectivity index (χ0n) is 17.2. The van der Waals surface area contributed by atoms with Gasteiger partial charge in [0.2, 0.25) is 0 Å². The molecule has 3 N–H and O–H groups in total. The van der Waals surface area contributed by atoms with E-state index in [-0.39, 0.29) is 46.7 Å². The SMILES string of the molecule is O=C(Nc1ccc(Cl)c(C(F)(F)F)c1)Nc1ccc(Oc2ccc(Cl)cc2)cc1S(=O)(=O)O.[Na+]. The molecule has 14 heteroatoms. The van der Waals surface area contributed by atoms with Crippen LogP contribution in [0, 0.1) is 0 Å². The van der Waals surface area contributed by atoms with Crippen LogP contribution in [0.5, 0.6) is 11.5 Å². The van der Waals surface area contributed by atoms with E-state index in [4.69, 9.17) is 27.9 Å². The minimum Gasteiger partial charge on any atom is -0.457 e. The van der Waals surface area contributed by atoms with Crippen molar-refractivity contribution in [2.24, 2.45) is 0 Å². The molecule has 3 rings (SSSR count). The quantitative estimate of drug-likeness (QED) is 0.336. The zero-order chi connectivity index (χ0) is 24.4. The van der Waals surface area contributed by atoms with Gasteiger partial charge >= 0.3 is 41.8 Å². The molecule has 0 radical (unpaired) electrons. The molecule has 0 saturated carbocycles. The number of hydrogen-bond acceptors (Lipinski definition) is 4. The number of ether oxygens (including phenoxy) is 1. The number of carbonyl (C=O) groups is 1. The van der Waals surface area contributed by atoms with Crippen molar-refractivity contribution in [3.63, 3.8) is 0 Å². The molecule has 2 amide bonds. The number of anilines is 2. The maximum atomic E-state index is 13.0. The summed E-state index contributed by atoms with van der Waals surface area (Å²) >= 11 is 11.3. The van der Waals surface area contributed by atoms with E-state index >= 15 is 0 Å². The molecule has 0 bridgehead atoms. The minimum absolute atomic E-state index is 0. The van der Waals surface area contributed by atoms with E-state index in [0.29, 0.717) is 16.8 Å². The van der Waals surface area contributed by atoms with E-state index < -0.39 is 37.8 Å². The fourth-order valence-electron chi connectivity index (χ4n) is 2.63. The third-order valence-corrected chi connectivity index (χ3v) is 5.53. The van der Waals surface area contributed by atoms with E-state index in [9.17, 15) is 30.9 Å². The van der Waals surface area contributed by atoms with Gasteiger partial charge in [-0.15, -0.1) is 0 Å². The van der Waals surface area contributed by atoms with Gasteiger partial charge in [-0.05, 0) is 54.6 Å². The van der Waals surface area contributed by atoms with Crippen molar-refractivity contribution < 1.29 is 65.2 Å². The number of urea groups is 1. The van der Waals surface area contributed by atoms with Gasteiger partial charge in [0.1, 0.15) is 16.4 Å². The Balaban J connectivity index is 0.00000408. The molecule has 0 spiro atoms. The summed E-state index contributed by atoms with van der Waals surface area (Å²) in [4.78, 5) is 11.6. The Morgan fingerprint density at radius 1 is 0.912 bits per heavy atom. The summed E-state index contributed by atoms with van der Waals surface area (Å²) < 4.78 is 77.6. The zero-order valence-corrected chi connectivity index (χ0v) is 21.5. The predicted octanol–water partition coefficient (Wildman–Crippen LogP) is 3.70. The van der Waals surface area contributed by atoms with Gasteiger partial charge in [-0.3, -0.25) is 4.55 Å². The van der Waals surface area contributed by atoms with E-state index in [2.05, 4.69) is 10.6 Å². The van der Waals surface area contributed by atoms with Gasteiger partial charge in [0.05, 0.1) is 16.3 Å². The first-order valence-electron chi connectivity index (χ1n) is 8.82. The van der Waals surface area contributed by atoms with Crippen LogP contribution in [-0.2, 0) is 16.3 Å². The Morgan fingerprint density at radius 2 is 1.53 bits per heavy atom. The van der Waals surface area contributed by atoms with E-state index in [1.165, 1.54) is 18.2 Å². The van der Waals surface area contributed by atoms with Crippen molar-refractivity contribution >= 4 is 50.7 Å². The third kappa shape index (κ3) is 7.51. The van der Waals surface area contributed by atoms with Gasteiger partial charge in [0.25, 0.3) is 10.1 Å². The second-order valence-corrected chi connectivity index (χ2v) is 8.69. The molecule has 0 saturated heterocycles. The van der Waals surface area contributed by atoms with Crippen molar-refractivity contribution in [1.82, 2.24) is 0 Å². The van der Waals surface area contributed by atoms with Gasteiger partial charge in [0, 0.05) is 16.8 Å². The molecule has 3 aromatic rings. The number of halogens is 5. The molecular formula is C20H13Cl2F3N2NaO5S+. The maximum absolute atomic E-state index is 13.0. The van der Waals surface area contributed by atoms with Crippen LogP contribution < -0.4 is 44.9 Å². The van der Waals surface area contributed by atoms with Gasteiger partial charge in [-0.25, -0.2) is 4.79 Å². The summed E-state index contributed by atoms with van der Waals surface area (Å²) in [6, 6.07) is 11.2. The molecule has 0 fully saturated rings. The van der Waals surface area contributed by atoms with Crippen molar-refractivity contribution in [1.29, 1.82) is 0 Å². The molecule has 0 aliphatic rings. The van der Waals surface area contributed by atoms with Crippen LogP contribution in [-0.4, -0.2) is 19.0 Å². The number of alkyl halides is 3. The molecule has 174 valence electrons. The molecule has 0 heterocycles. The fraction of sp³-hybridized carbons (Fsp3) is 0.0500. The second kappa shape index (κ2) is 11.2. The summed E-state index contributed by atoms with van der Waals surface area (Å²) in [6.45, 7) is 0. The van der Waals surface area contributed by atoms with E-state index in [1.807, 2.05) is 0 Å². The average molecular weight is 544 g/mol. The van der Waals surface area contributed by atoms with Crippen LogP contribution in [0.2, 0.25) is 10.0 Å². The smallest absolute Gasteiger partial charge is 0.457 e. The Labute approximate surface area is 224 Å². The third-order valence-electron chi connectivity index (χ3n) is 4.06. The molecule has 0 aromatic heterocycles. The fourth-order valence-corrected chi connectivity index (χ4v) is 3.64. The Hall–Kier alpha value is -1.99. The van der Waals surface area contributed by atoms with Crippen LogP contribution >= 0.6 is 23.2 Å². The second-order valence-electron chi connectivity index (χ2n) is 6.46. The molecular weight excluding hydrogens is 531 g/mol. The number of nitrogens with one attached hydrogen (secondary N) is 2. The van der Waals surface area contributed by atoms with Crippen LogP contribution in [0.25, 0.3) is 0 Å². The van der Waals surface area contributed by atoms with Gasteiger partial charge < -0.3 is 15.4 Å². The van der Waals surface area contributed by atoms with Gasteiger partial charge in [-0.1, -0.05) is 23.2 Å². The van der Waals surface area contributed by atoms with Crippen molar-refractivity contribution in [2.45, 2.75) is 11.1 Å². The first kappa shape index (κ1) is 28.2. The standard InChI is InChI=1S/C20H13Cl2F3N2O5S.Na/c21-11-1-4-13(5-2-11)32-14-6-8-17(18(10-14)33(29,30)31)27-19(28)26-12-3-7-16(22)15(9-12)20(23,24)25;/h1-10H,(H2,26,27,28)(H,29,30,31);/q;+1. The molecule has 7 nitrogen and oxygen atoms in total. The Bertz CT molecular complexity index is 1310. The summed E-state index contributed by atoms with van der Waals surface area (Å²) in [6.07, 6.45) is -4.75. The monoisotopic (exact) mass is 543 g/mol. The molecule has 3 aromatic carbocycles. The Kier molecular flexibility index (Phi) is 9.28. The molecule has 0 atom stereocenters. The molecule has 34 heavy (non-hydrogen) atoms. The van der Waals surface area contributed by atoms with Crippen molar-refractivity contribution in [2.75, 3.05) is 10.6 Å². The predicted molar refractivity (Wildman–Crippen MR) is 117 cm³/mol. The number of carbonyl (C=O) groups excluding carboxylic acids is 1. The summed E-state index contributed by atoms with van der Waals surface area (Å²) in [5, 5.41) is 4.20. The molecule has 0 aliphatic carbocycles. The van der Waals surface area contributed by atoms with Crippen LogP contribution in [0.15, 0.2) is 65.6 Å². The van der Waals surface area contributed by atoms with E-state index in [1.54, 1.807) is 12.1 Å². The van der Waals surface area contributed by atoms with Crippen molar-refractivity contribution in [3.05, 3.63) is 76.3 Å². The topological polar surface area (TPSA) is 105 Å². The van der Waals surface area contributed by atoms with E-state index in [0.717, 1.165) is 24.3 Å². The van der Waals surface area contributed by atoms with Crippen LogP contribution in [0.4, 0.5) is 29.3 Å². The summed E-state index contributed by atoms with van der Waals surface area (Å²) in [7, 11) is -4.81. The Morgan fingerprint density at radius 3 is 2.12 bits per heavy atom. The van der Waals surface area contributed by atoms with Crippen molar-refractivity contribution in [3.8, 4) is 11.5 Å². The average Bonchev–Trinajstić information content (AvgIpc) is 2.70. The first-order valence-corrected chi connectivity index (χ1v) is 11.0. The molecule has 0 aliphatic heterocycles. The first-order chi connectivity index (χ1) is 15.3. The van der Waals surface area contributed by atoms with Crippen LogP contribution in [0.1, 0.15) is 5.56 Å². The van der Waals surface area contributed by atoms with Crippen LogP contribution in [0.3, 0.4) is 0 Å². The number of rotatable bonds is 5. The number of hydrogen-bond donors (Lipinski definition) is 3. The molecule has 0 unspecified atom stereocenters. The number of amides is 2. The maximum Gasteiger partial charge on any atom is 1.00 e. The van der Waals surface area contributed by atoms with Gasteiger partial charge in [-0.2, -0.15) is 21.6 Å². The summed E-state index contributed by atoms with van der Waals surface area (Å²) in [5.41, 5.74) is -1.76. The number of benzene rings is 3. The van der Waals surface area contributed by atoms with Gasteiger partial charge in [0.15, 0.2) is 0 Å². The summed E-state index contributed by atoms with van der Waals surface area (Å²) in [5.74, 6) is 0.339. The largest absolute Gasteiger partial charge is 1.00 e. The normalized spacial score (nSPS) is 11.4. The minimum atomic E-state index is -4.81.